The summed E-state index contributed by atoms with van der Waals surface area (Å²) in [7, 11) is 0. The van der Waals surface area contributed by atoms with Crippen molar-refractivity contribution < 1.29 is 13.9 Å². The molecule has 0 saturated carbocycles. The molecule has 6 nitrogen and oxygen atoms in total. The van der Waals surface area contributed by atoms with Gasteiger partial charge in [-0.25, -0.2) is 4.39 Å². The van der Waals surface area contributed by atoms with Gasteiger partial charge in [0.2, 0.25) is 5.91 Å². The van der Waals surface area contributed by atoms with Crippen LogP contribution >= 0.6 is 12.2 Å². The van der Waals surface area contributed by atoms with Crippen LogP contribution in [-0.2, 0) is 21.5 Å². The summed E-state index contributed by atoms with van der Waals surface area (Å²) in [6.45, 7) is 3.86. The number of rotatable bonds is 5. The first-order valence-corrected chi connectivity index (χ1v) is 8.68. The molecule has 0 radical (unpaired) electrons. The molecular weight excluding hydrogens is 343 g/mol. The number of carbonyl (C=O) groups is 1. The molecule has 1 saturated heterocycles. The number of benzene rings is 1. The van der Waals surface area contributed by atoms with Gasteiger partial charge in [-0.3, -0.25) is 9.89 Å². The summed E-state index contributed by atoms with van der Waals surface area (Å²) in [6.07, 6.45) is 1.16. The van der Waals surface area contributed by atoms with Gasteiger partial charge in [-0.1, -0.05) is 12.1 Å². The Balaban J connectivity index is 1.73. The molecule has 1 aromatic carbocycles. The minimum absolute atomic E-state index is 0.0601. The Morgan fingerprint density at radius 1 is 1.40 bits per heavy atom. The summed E-state index contributed by atoms with van der Waals surface area (Å²) in [5, 5.41) is 9.78. The molecule has 1 aromatic heterocycles. The van der Waals surface area contributed by atoms with E-state index in [0.717, 1.165) is 11.4 Å². The lowest BCUT2D eigenvalue weighted by Crippen LogP contribution is -2.48. The molecule has 1 aliphatic rings. The lowest BCUT2D eigenvalue weighted by Gasteiger charge is -2.36. The van der Waals surface area contributed by atoms with Gasteiger partial charge in [0.05, 0.1) is 5.41 Å². The lowest BCUT2D eigenvalue weighted by molar-refractivity contribution is -0.130. The van der Waals surface area contributed by atoms with Gasteiger partial charge in [0.25, 0.3) is 0 Å². The van der Waals surface area contributed by atoms with Crippen LogP contribution < -0.4 is 5.32 Å². The molecule has 0 atom stereocenters. The van der Waals surface area contributed by atoms with Gasteiger partial charge in [-0.05, 0) is 49.7 Å². The molecule has 2 heterocycles. The molecule has 0 spiro atoms. The monoisotopic (exact) mass is 364 g/mol. The Bertz CT molecular complexity index is 794. The van der Waals surface area contributed by atoms with Crippen molar-refractivity contribution >= 4 is 18.1 Å². The second kappa shape index (κ2) is 7.45. The number of aromatic amines is 1. The first kappa shape index (κ1) is 17.8. The highest BCUT2D eigenvalue weighted by molar-refractivity contribution is 7.71. The first-order valence-electron chi connectivity index (χ1n) is 8.27. The van der Waals surface area contributed by atoms with Crippen molar-refractivity contribution in [3.8, 4) is 0 Å². The van der Waals surface area contributed by atoms with Crippen LogP contribution in [0.3, 0.4) is 0 Å². The molecule has 2 aromatic rings. The molecule has 1 amide bonds. The van der Waals surface area contributed by atoms with E-state index in [0.29, 0.717) is 43.9 Å². The highest BCUT2D eigenvalue weighted by atomic mass is 32.1. The Morgan fingerprint density at radius 2 is 2.08 bits per heavy atom. The van der Waals surface area contributed by atoms with Crippen molar-refractivity contribution in [3.63, 3.8) is 0 Å². The van der Waals surface area contributed by atoms with Crippen LogP contribution in [0.2, 0.25) is 0 Å². The SMILES string of the molecule is Cc1n[nH]c(=S)n1CCNC(=O)C1(c2ccc(F)cc2)CCOCC1. The van der Waals surface area contributed by atoms with E-state index in [4.69, 9.17) is 17.0 Å². The third-order valence-corrected chi connectivity index (χ3v) is 5.06. The second-order valence-electron chi connectivity index (χ2n) is 6.18. The average molecular weight is 364 g/mol. The lowest BCUT2D eigenvalue weighted by atomic mass is 9.73. The Morgan fingerprint density at radius 3 is 2.68 bits per heavy atom. The number of ether oxygens (including phenoxy) is 1. The van der Waals surface area contributed by atoms with E-state index in [9.17, 15) is 9.18 Å². The molecule has 25 heavy (non-hydrogen) atoms. The zero-order valence-corrected chi connectivity index (χ0v) is 14.9. The quantitative estimate of drug-likeness (QED) is 0.799. The predicted molar refractivity (Wildman–Crippen MR) is 93.3 cm³/mol. The number of aryl methyl sites for hydroxylation is 1. The highest BCUT2D eigenvalue weighted by Crippen LogP contribution is 2.35. The van der Waals surface area contributed by atoms with Gasteiger partial charge in [0, 0.05) is 26.3 Å². The van der Waals surface area contributed by atoms with Crippen molar-refractivity contribution in [3.05, 3.63) is 46.2 Å². The number of amides is 1. The first-order chi connectivity index (χ1) is 12.0. The van der Waals surface area contributed by atoms with Crippen LogP contribution in [0.5, 0.6) is 0 Å². The van der Waals surface area contributed by atoms with Crippen molar-refractivity contribution in [1.29, 1.82) is 0 Å². The number of H-pyrrole nitrogens is 1. The van der Waals surface area contributed by atoms with Crippen molar-refractivity contribution in [2.24, 2.45) is 0 Å². The number of nitrogens with zero attached hydrogens (tertiary/aromatic N) is 2. The zero-order valence-electron chi connectivity index (χ0n) is 14.0. The maximum Gasteiger partial charge on any atom is 0.230 e. The number of hydrogen-bond donors (Lipinski definition) is 2. The van der Waals surface area contributed by atoms with E-state index in [2.05, 4.69) is 15.5 Å². The zero-order chi connectivity index (χ0) is 17.9. The van der Waals surface area contributed by atoms with Crippen LogP contribution in [-0.4, -0.2) is 40.4 Å². The standard InChI is InChI=1S/C17H21FN4O2S/c1-12-20-21-16(25)22(12)9-8-19-15(23)17(6-10-24-11-7-17)13-2-4-14(18)5-3-13/h2-5H,6-11H2,1H3,(H,19,23)(H,21,25). The maximum absolute atomic E-state index is 13.3. The van der Waals surface area contributed by atoms with E-state index >= 15 is 0 Å². The van der Waals surface area contributed by atoms with E-state index in [1.807, 2.05) is 11.5 Å². The fraction of sp³-hybridized carbons (Fsp3) is 0.471. The van der Waals surface area contributed by atoms with Crippen molar-refractivity contribution in [2.75, 3.05) is 19.8 Å². The summed E-state index contributed by atoms with van der Waals surface area (Å²) >= 11 is 5.17. The molecule has 8 heteroatoms. The summed E-state index contributed by atoms with van der Waals surface area (Å²) in [4.78, 5) is 13.0. The van der Waals surface area contributed by atoms with E-state index in [1.54, 1.807) is 12.1 Å². The van der Waals surface area contributed by atoms with E-state index in [-0.39, 0.29) is 11.7 Å². The Hall–Kier alpha value is -2.06. The van der Waals surface area contributed by atoms with Gasteiger partial charge in [-0.2, -0.15) is 5.10 Å². The minimum atomic E-state index is -0.682. The van der Waals surface area contributed by atoms with Crippen LogP contribution in [0.25, 0.3) is 0 Å². The summed E-state index contributed by atoms with van der Waals surface area (Å²) < 4.78 is 21.1. The summed E-state index contributed by atoms with van der Waals surface area (Å²) in [5.41, 5.74) is 0.143. The second-order valence-corrected chi connectivity index (χ2v) is 6.57. The minimum Gasteiger partial charge on any atom is -0.381 e. The van der Waals surface area contributed by atoms with E-state index < -0.39 is 5.41 Å². The fourth-order valence-electron chi connectivity index (χ4n) is 3.25. The van der Waals surface area contributed by atoms with Crippen LogP contribution in [0, 0.1) is 17.5 Å². The largest absolute Gasteiger partial charge is 0.381 e. The number of aromatic nitrogens is 3. The highest BCUT2D eigenvalue weighted by Gasteiger charge is 2.41. The average Bonchev–Trinajstić information content (AvgIpc) is 2.94. The smallest absolute Gasteiger partial charge is 0.230 e. The Labute approximate surface area is 150 Å². The van der Waals surface area contributed by atoms with Gasteiger partial charge < -0.3 is 14.6 Å². The van der Waals surface area contributed by atoms with Crippen LogP contribution in [0.1, 0.15) is 24.2 Å². The maximum atomic E-state index is 13.3. The molecule has 1 fully saturated rings. The summed E-state index contributed by atoms with van der Waals surface area (Å²) in [5.74, 6) is 0.407. The molecule has 2 N–H and O–H groups in total. The molecule has 0 unspecified atom stereocenters. The van der Waals surface area contributed by atoms with Crippen molar-refractivity contribution in [1.82, 2.24) is 20.1 Å². The van der Waals surface area contributed by atoms with Crippen LogP contribution in [0.15, 0.2) is 24.3 Å². The number of hydrogen-bond acceptors (Lipinski definition) is 4. The molecule has 134 valence electrons. The normalized spacial score (nSPS) is 16.6. The molecule has 0 bridgehead atoms. The number of halogens is 1. The Kier molecular flexibility index (Phi) is 5.29. The third-order valence-electron chi connectivity index (χ3n) is 4.75. The molecule has 0 aliphatic carbocycles. The van der Waals surface area contributed by atoms with E-state index in [1.165, 1.54) is 12.1 Å². The van der Waals surface area contributed by atoms with Gasteiger partial charge >= 0.3 is 0 Å². The molecular formula is C17H21FN4O2S. The van der Waals surface area contributed by atoms with Gasteiger partial charge in [0.15, 0.2) is 4.77 Å². The molecule has 1 aliphatic heterocycles. The fourth-order valence-corrected chi connectivity index (χ4v) is 3.51. The summed E-state index contributed by atoms with van der Waals surface area (Å²) in [6, 6.07) is 6.18. The third kappa shape index (κ3) is 3.64. The number of carbonyl (C=O) groups excluding carboxylic acids is 1. The van der Waals surface area contributed by atoms with Crippen molar-refractivity contribution in [2.45, 2.75) is 31.7 Å². The topological polar surface area (TPSA) is 71.9 Å². The van der Waals surface area contributed by atoms with Crippen LogP contribution in [0.4, 0.5) is 4.39 Å². The van der Waals surface area contributed by atoms with Gasteiger partial charge in [0.1, 0.15) is 11.6 Å². The van der Waals surface area contributed by atoms with Gasteiger partial charge in [-0.15, -0.1) is 0 Å². The predicted octanol–water partition coefficient (Wildman–Crippen LogP) is 2.25. The number of nitrogens with one attached hydrogen (secondary N) is 2. The molecule has 3 rings (SSSR count).